The molecule has 0 atom stereocenters. The van der Waals surface area contributed by atoms with Gasteiger partial charge in [-0.05, 0) is 23.4 Å². The Morgan fingerprint density at radius 2 is 2.12 bits per heavy atom. The lowest BCUT2D eigenvalue weighted by Crippen LogP contribution is -2.13. The Bertz CT molecular complexity index is 607. The van der Waals surface area contributed by atoms with Crippen LogP contribution in [0.5, 0.6) is 0 Å². The summed E-state index contributed by atoms with van der Waals surface area (Å²) in [7, 11) is -3.93. The minimum Gasteiger partial charge on any atom is -0.399 e. The molecule has 0 radical (unpaired) electrons. The van der Waals surface area contributed by atoms with Crippen LogP contribution in [0.3, 0.4) is 0 Å². The number of hydrogen-bond donors (Lipinski definition) is 2. The molecule has 90 valence electrons. The van der Waals surface area contributed by atoms with Crippen LogP contribution >= 0.6 is 11.5 Å². The van der Waals surface area contributed by atoms with Crippen molar-refractivity contribution in [1.82, 2.24) is 14.8 Å². The molecule has 0 aliphatic rings. The van der Waals surface area contributed by atoms with E-state index < -0.39 is 15.8 Å². The topological polar surface area (TPSA) is 111 Å². The van der Waals surface area contributed by atoms with Gasteiger partial charge < -0.3 is 5.73 Å². The molecular formula is C7H6FN5O2S2. The van der Waals surface area contributed by atoms with Crippen LogP contribution in [0, 0.1) is 5.82 Å². The van der Waals surface area contributed by atoms with Crippen LogP contribution in [-0.4, -0.2) is 23.2 Å². The van der Waals surface area contributed by atoms with E-state index in [1.165, 1.54) is 0 Å². The van der Waals surface area contributed by atoms with E-state index in [1.54, 1.807) is 0 Å². The molecule has 0 fully saturated rings. The number of nitrogens with zero attached hydrogens (tertiary/aromatic N) is 3. The van der Waals surface area contributed by atoms with E-state index >= 15 is 0 Å². The zero-order valence-electron chi connectivity index (χ0n) is 8.16. The molecular weight excluding hydrogens is 269 g/mol. The summed E-state index contributed by atoms with van der Waals surface area (Å²) in [5.41, 5.74) is 5.37. The molecule has 3 N–H and O–H groups in total. The van der Waals surface area contributed by atoms with Crippen LogP contribution in [0.1, 0.15) is 0 Å². The van der Waals surface area contributed by atoms with Gasteiger partial charge in [0.1, 0.15) is 5.82 Å². The largest absolute Gasteiger partial charge is 0.399 e. The summed E-state index contributed by atoms with van der Waals surface area (Å²) < 4.78 is 42.1. The standard InChI is InChI=1S/C7H6FN5O2S2/c8-4-1-5(9)3-6(2-4)17(14,15)11-7-10-12-13-16-7/h1-3H,9H2,(H,10,11,13). The fourth-order valence-corrected chi connectivity index (χ4v) is 2.74. The first-order valence-corrected chi connectivity index (χ1v) is 6.47. The van der Waals surface area contributed by atoms with Crippen LogP contribution in [0.2, 0.25) is 0 Å². The molecule has 7 nitrogen and oxygen atoms in total. The van der Waals surface area contributed by atoms with Crippen molar-refractivity contribution in [2.45, 2.75) is 4.90 Å². The maximum atomic E-state index is 13.0. The van der Waals surface area contributed by atoms with E-state index in [-0.39, 0.29) is 15.7 Å². The van der Waals surface area contributed by atoms with E-state index in [0.29, 0.717) is 0 Å². The van der Waals surface area contributed by atoms with Crippen molar-refractivity contribution in [2.75, 3.05) is 10.5 Å². The highest BCUT2D eigenvalue weighted by molar-refractivity contribution is 7.93. The molecule has 1 aromatic carbocycles. The van der Waals surface area contributed by atoms with Crippen molar-refractivity contribution in [1.29, 1.82) is 0 Å². The summed E-state index contributed by atoms with van der Waals surface area (Å²) in [4.78, 5) is -0.287. The van der Waals surface area contributed by atoms with Gasteiger partial charge in [-0.25, -0.2) is 12.8 Å². The van der Waals surface area contributed by atoms with Gasteiger partial charge in [0.15, 0.2) is 0 Å². The molecule has 10 heteroatoms. The number of aromatic nitrogens is 3. The van der Waals surface area contributed by atoms with E-state index in [0.717, 1.165) is 29.7 Å². The maximum Gasteiger partial charge on any atom is 0.263 e. The summed E-state index contributed by atoms with van der Waals surface area (Å²) in [6, 6.07) is 3.01. The third-order valence-electron chi connectivity index (χ3n) is 1.72. The molecule has 0 saturated carbocycles. The predicted molar refractivity (Wildman–Crippen MR) is 59.3 cm³/mol. The average Bonchev–Trinajstić information content (AvgIpc) is 2.68. The molecule has 1 heterocycles. The van der Waals surface area contributed by atoms with Crippen molar-refractivity contribution in [3.05, 3.63) is 24.0 Å². The number of rotatable bonds is 3. The predicted octanol–water partition coefficient (Wildman–Crippen LogP) is 0.455. The lowest BCUT2D eigenvalue weighted by Gasteiger charge is -2.05. The monoisotopic (exact) mass is 275 g/mol. The number of sulfonamides is 1. The summed E-state index contributed by atoms with van der Waals surface area (Å²) in [6.07, 6.45) is 0. The normalized spacial score (nSPS) is 11.4. The number of halogens is 1. The van der Waals surface area contributed by atoms with E-state index in [1.807, 2.05) is 0 Å². The average molecular weight is 275 g/mol. The molecule has 2 aromatic rings. The van der Waals surface area contributed by atoms with Gasteiger partial charge in [0.2, 0.25) is 5.13 Å². The van der Waals surface area contributed by atoms with Gasteiger partial charge in [-0.15, -0.1) is 0 Å². The third-order valence-corrected chi connectivity index (χ3v) is 3.68. The Labute approximate surface area is 99.7 Å². The number of nitrogen functional groups attached to an aromatic ring is 1. The first-order chi connectivity index (χ1) is 7.97. The van der Waals surface area contributed by atoms with E-state index in [9.17, 15) is 12.8 Å². The van der Waals surface area contributed by atoms with Crippen LogP contribution in [0.25, 0.3) is 0 Å². The number of anilines is 2. The first-order valence-electron chi connectivity index (χ1n) is 4.21. The molecule has 1 aromatic heterocycles. The molecule has 0 saturated heterocycles. The Hall–Kier alpha value is -1.81. The minimum absolute atomic E-state index is 0.00664. The SMILES string of the molecule is Nc1cc(F)cc(S(=O)(=O)Nc2nnns2)c1. The summed E-state index contributed by atoms with van der Waals surface area (Å²) in [5.74, 6) is -0.735. The number of nitrogens with two attached hydrogens (primary N) is 1. The van der Waals surface area contributed by atoms with E-state index in [4.69, 9.17) is 5.73 Å². The van der Waals surface area contributed by atoms with Gasteiger partial charge in [0.05, 0.1) is 4.90 Å². The van der Waals surface area contributed by atoms with Crippen LogP contribution in [0.4, 0.5) is 15.2 Å². The zero-order chi connectivity index (χ0) is 12.5. The lowest BCUT2D eigenvalue weighted by atomic mass is 10.3. The minimum atomic E-state index is -3.93. The van der Waals surface area contributed by atoms with E-state index in [2.05, 4.69) is 19.5 Å². The number of benzene rings is 1. The van der Waals surface area contributed by atoms with Crippen molar-refractivity contribution >= 4 is 32.4 Å². The third kappa shape index (κ3) is 2.65. The zero-order valence-corrected chi connectivity index (χ0v) is 9.79. The fraction of sp³-hybridized carbons (Fsp3) is 0. The molecule has 0 amide bonds. The van der Waals surface area contributed by atoms with Crippen LogP contribution in [-0.2, 0) is 10.0 Å². The van der Waals surface area contributed by atoms with Gasteiger partial charge >= 0.3 is 0 Å². The smallest absolute Gasteiger partial charge is 0.263 e. The Morgan fingerprint density at radius 3 is 2.71 bits per heavy atom. The van der Waals surface area contributed by atoms with Gasteiger partial charge in [0, 0.05) is 17.2 Å². The lowest BCUT2D eigenvalue weighted by molar-refractivity contribution is 0.595. The molecule has 17 heavy (non-hydrogen) atoms. The fourth-order valence-electron chi connectivity index (χ4n) is 1.09. The number of hydrogen-bond acceptors (Lipinski definition) is 7. The van der Waals surface area contributed by atoms with Crippen LogP contribution < -0.4 is 10.5 Å². The summed E-state index contributed by atoms with van der Waals surface area (Å²) in [5, 5.41) is 6.64. The van der Waals surface area contributed by atoms with Gasteiger partial charge in [-0.3, -0.25) is 4.72 Å². The molecule has 0 bridgehead atoms. The van der Waals surface area contributed by atoms with Gasteiger partial charge in [0.25, 0.3) is 10.0 Å². The summed E-state index contributed by atoms with van der Waals surface area (Å²) in [6.45, 7) is 0. The Kier molecular flexibility index (Phi) is 2.90. The highest BCUT2D eigenvalue weighted by atomic mass is 32.2. The highest BCUT2D eigenvalue weighted by Gasteiger charge is 2.17. The molecule has 0 unspecified atom stereocenters. The second-order valence-electron chi connectivity index (χ2n) is 2.99. The molecule has 0 aliphatic heterocycles. The van der Waals surface area contributed by atoms with Gasteiger partial charge in [-0.2, -0.15) is 0 Å². The second kappa shape index (κ2) is 4.22. The van der Waals surface area contributed by atoms with Crippen LogP contribution in [0.15, 0.2) is 23.1 Å². The van der Waals surface area contributed by atoms with Crippen molar-refractivity contribution in [2.24, 2.45) is 0 Å². The quantitative estimate of drug-likeness (QED) is 0.787. The van der Waals surface area contributed by atoms with Crippen molar-refractivity contribution in [3.63, 3.8) is 0 Å². The molecule has 2 rings (SSSR count). The first kappa shape index (κ1) is 11.7. The maximum absolute atomic E-state index is 13.0. The molecule has 0 aliphatic carbocycles. The highest BCUT2D eigenvalue weighted by Crippen LogP contribution is 2.19. The van der Waals surface area contributed by atoms with Gasteiger partial charge in [-0.1, -0.05) is 9.59 Å². The summed E-state index contributed by atoms with van der Waals surface area (Å²) >= 11 is 0.765. The number of nitrogens with one attached hydrogen (secondary N) is 1. The van der Waals surface area contributed by atoms with Crippen molar-refractivity contribution < 1.29 is 12.8 Å². The van der Waals surface area contributed by atoms with Crippen molar-refractivity contribution in [3.8, 4) is 0 Å². The Balaban J connectivity index is 2.38. The Morgan fingerprint density at radius 1 is 1.35 bits per heavy atom. The second-order valence-corrected chi connectivity index (χ2v) is 5.41. The molecule has 0 spiro atoms.